The lowest BCUT2D eigenvalue weighted by Crippen LogP contribution is -1.95. The van der Waals surface area contributed by atoms with Gasteiger partial charge in [-0.25, -0.2) is 9.67 Å². The third kappa shape index (κ3) is 1.62. The lowest BCUT2D eigenvalue weighted by atomic mass is 10.3. The Balaban J connectivity index is 2.52. The Morgan fingerprint density at radius 3 is 2.69 bits per heavy atom. The van der Waals surface area contributed by atoms with Crippen LogP contribution in [0.3, 0.4) is 0 Å². The second-order valence-corrected chi connectivity index (χ2v) is 3.54. The van der Waals surface area contributed by atoms with Crippen LogP contribution in [0.1, 0.15) is 5.82 Å². The smallest absolute Gasteiger partial charge is 0.147 e. The first-order valence-corrected chi connectivity index (χ1v) is 4.70. The van der Waals surface area contributed by atoms with Gasteiger partial charge in [-0.15, -0.1) is 0 Å². The van der Waals surface area contributed by atoms with E-state index in [1.807, 2.05) is 31.2 Å². The molecule has 1 aromatic heterocycles. The summed E-state index contributed by atoms with van der Waals surface area (Å²) >= 11 is 3.45. The van der Waals surface area contributed by atoms with Gasteiger partial charge >= 0.3 is 0 Å². The number of hydrogen-bond acceptors (Lipinski definition) is 2. The third-order valence-electron chi connectivity index (χ3n) is 1.71. The molecule has 4 heteroatoms. The molecule has 0 aliphatic heterocycles. The van der Waals surface area contributed by atoms with Gasteiger partial charge in [0.05, 0.1) is 5.69 Å². The maximum atomic E-state index is 4.22. The molecule has 0 bridgehead atoms. The molecular weight excluding hydrogens is 230 g/mol. The number of rotatable bonds is 1. The van der Waals surface area contributed by atoms with Crippen molar-refractivity contribution in [2.45, 2.75) is 6.92 Å². The molecule has 0 radical (unpaired) electrons. The average Bonchev–Trinajstić information content (AvgIpc) is 2.53. The van der Waals surface area contributed by atoms with Crippen LogP contribution in [-0.2, 0) is 0 Å². The van der Waals surface area contributed by atoms with Crippen molar-refractivity contribution in [1.82, 2.24) is 14.8 Å². The van der Waals surface area contributed by atoms with E-state index in [1.165, 1.54) is 0 Å². The minimum atomic E-state index is 0.774. The van der Waals surface area contributed by atoms with Gasteiger partial charge in [0.2, 0.25) is 0 Å². The summed E-state index contributed by atoms with van der Waals surface area (Å²) in [6.07, 6.45) is 1.70. The monoisotopic (exact) mass is 237 g/mol. The van der Waals surface area contributed by atoms with Crippen LogP contribution in [0.2, 0.25) is 0 Å². The number of nitrogens with zero attached hydrogens (tertiary/aromatic N) is 3. The first kappa shape index (κ1) is 8.44. The molecule has 66 valence electrons. The SMILES string of the molecule is Cc1ncn(-c2ccccc2Br)n1. The summed E-state index contributed by atoms with van der Waals surface area (Å²) in [6.45, 7) is 1.87. The van der Waals surface area contributed by atoms with Gasteiger partial charge in [0, 0.05) is 4.47 Å². The predicted molar refractivity (Wildman–Crippen MR) is 53.8 cm³/mol. The van der Waals surface area contributed by atoms with Crippen LogP contribution in [0.25, 0.3) is 5.69 Å². The van der Waals surface area contributed by atoms with Crippen LogP contribution in [0, 0.1) is 6.92 Å². The minimum absolute atomic E-state index is 0.774. The number of halogens is 1. The van der Waals surface area contributed by atoms with Crippen molar-refractivity contribution >= 4 is 15.9 Å². The van der Waals surface area contributed by atoms with Gasteiger partial charge in [0.1, 0.15) is 12.2 Å². The lowest BCUT2D eigenvalue weighted by Gasteiger charge is -2.01. The number of aromatic nitrogens is 3. The summed E-state index contributed by atoms with van der Waals surface area (Å²) in [5.41, 5.74) is 1.00. The van der Waals surface area contributed by atoms with Gasteiger partial charge < -0.3 is 0 Å². The van der Waals surface area contributed by atoms with Crippen molar-refractivity contribution in [1.29, 1.82) is 0 Å². The van der Waals surface area contributed by atoms with Crippen molar-refractivity contribution < 1.29 is 0 Å². The van der Waals surface area contributed by atoms with Crippen LogP contribution in [0.15, 0.2) is 35.1 Å². The van der Waals surface area contributed by atoms with E-state index in [1.54, 1.807) is 11.0 Å². The highest BCUT2D eigenvalue weighted by Gasteiger charge is 2.01. The molecular formula is C9H8BrN3. The molecule has 0 aliphatic rings. The van der Waals surface area contributed by atoms with Crippen molar-refractivity contribution in [2.24, 2.45) is 0 Å². The lowest BCUT2D eigenvalue weighted by molar-refractivity contribution is 0.859. The second-order valence-electron chi connectivity index (χ2n) is 2.69. The van der Waals surface area contributed by atoms with Crippen molar-refractivity contribution in [3.63, 3.8) is 0 Å². The Bertz CT molecular complexity index is 422. The zero-order valence-corrected chi connectivity index (χ0v) is 8.69. The Kier molecular flexibility index (Phi) is 2.14. The average molecular weight is 238 g/mol. The summed E-state index contributed by atoms with van der Waals surface area (Å²) in [5, 5.41) is 4.22. The Morgan fingerprint density at radius 2 is 2.08 bits per heavy atom. The molecule has 0 unspecified atom stereocenters. The maximum absolute atomic E-state index is 4.22. The van der Waals surface area contributed by atoms with Crippen LogP contribution < -0.4 is 0 Å². The van der Waals surface area contributed by atoms with E-state index in [9.17, 15) is 0 Å². The van der Waals surface area contributed by atoms with E-state index < -0.39 is 0 Å². The summed E-state index contributed by atoms with van der Waals surface area (Å²) in [6, 6.07) is 7.90. The normalized spacial score (nSPS) is 10.3. The summed E-state index contributed by atoms with van der Waals surface area (Å²) in [7, 11) is 0. The highest BCUT2D eigenvalue weighted by atomic mass is 79.9. The molecule has 0 saturated carbocycles. The third-order valence-corrected chi connectivity index (χ3v) is 2.38. The first-order chi connectivity index (χ1) is 6.27. The van der Waals surface area contributed by atoms with Gasteiger partial charge in [-0.3, -0.25) is 0 Å². The van der Waals surface area contributed by atoms with Gasteiger partial charge in [0.25, 0.3) is 0 Å². The van der Waals surface area contributed by atoms with E-state index in [-0.39, 0.29) is 0 Å². The topological polar surface area (TPSA) is 30.7 Å². The molecule has 1 heterocycles. The van der Waals surface area contributed by atoms with Gasteiger partial charge in [-0.05, 0) is 35.0 Å². The molecule has 0 aliphatic carbocycles. The molecule has 2 rings (SSSR count). The fourth-order valence-corrected chi connectivity index (χ4v) is 1.57. The number of hydrogen-bond donors (Lipinski definition) is 0. The number of benzene rings is 1. The summed E-state index contributed by atoms with van der Waals surface area (Å²) < 4.78 is 2.76. The van der Waals surface area contributed by atoms with Crippen LogP contribution in [-0.4, -0.2) is 14.8 Å². The van der Waals surface area contributed by atoms with Gasteiger partial charge in [0.15, 0.2) is 0 Å². The first-order valence-electron chi connectivity index (χ1n) is 3.90. The van der Waals surface area contributed by atoms with Crippen molar-refractivity contribution in [3.05, 3.63) is 40.9 Å². The molecule has 1 aromatic carbocycles. The zero-order valence-electron chi connectivity index (χ0n) is 7.11. The molecule has 2 aromatic rings. The van der Waals surface area contributed by atoms with Crippen LogP contribution in [0.4, 0.5) is 0 Å². The molecule has 0 N–H and O–H groups in total. The molecule has 0 spiro atoms. The van der Waals surface area contributed by atoms with E-state index in [2.05, 4.69) is 26.0 Å². The quantitative estimate of drug-likeness (QED) is 0.763. The van der Waals surface area contributed by atoms with E-state index in [0.29, 0.717) is 0 Å². The van der Waals surface area contributed by atoms with Crippen LogP contribution in [0.5, 0.6) is 0 Å². The fraction of sp³-hybridized carbons (Fsp3) is 0.111. The molecule has 0 saturated heterocycles. The number of aryl methyl sites for hydroxylation is 1. The van der Waals surface area contributed by atoms with Crippen molar-refractivity contribution in [3.8, 4) is 5.69 Å². The highest BCUT2D eigenvalue weighted by molar-refractivity contribution is 9.10. The largest absolute Gasteiger partial charge is 0.220 e. The summed E-state index contributed by atoms with van der Waals surface area (Å²) in [4.78, 5) is 4.07. The maximum Gasteiger partial charge on any atom is 0.147 e. The molecule has 13 heavy (non-hydrogen) atoms. The van der Waals surface area contributed by atoms with E-state index >= 15 is 0 Å². The second kappa shape index (κ2) is 3.30. The van der Waals surface area contributed by atoms with Gasteiger partial charge in [-0.1, -0.05) is 12.1 Å². The van der Waals surface area contributed by atoms with Gasteiger partial charge in [-0.2, -0.15) is 5.10 Å². The number of para-hydroxylation sites is 1. The molecule has 0 amide bonds. The van der Waals surface area contributed by atoms with Crippen LogP contribution >= 0.6 is 15.9 Å². The van der Waals surface area contributed by atoms with E-state index in [0.717, 1.165) is 16.0 Å². The minimum Gasteiger partial charge on any atom is -0.220 e. The standard InChI is InChI=1S/C9H8BrN3/c1-7-11-6-13(12-7)9-5-3-2-4-8(9)10/h2-6H,1H3. The molecule has 0 fully saturated rings. The Labute approximate surface area is 84.5 Å². The molecule has 0 atom stereocenters. The summed E-state index contributed by atoms with van der Waals surface area (Å²) in [5.74, 6) is 0.774. The van der Waals surface area contributed by atoms with Crippen molar-refractivity contribution in [2.75, 3.05) is 0 Å². The Hall–Kier alpha value is -1.16. The molecule has 3 nitrogen and oxygen atoms in total. The highest BCUT2D eigenvalue weighted by Crippen LogP contribution is 2.18. The fourth-order valence-electron chi connectivity index (χ4n) is 1.10. The predicted octanol–water partition coefficient (Wildman–Crippen LogP) is 2.34. The Morgan fingerprint density at radius 1 is 1.31 bits per heavy atom. The zero-order chi connectivity index (χ0) is 9.26. The van der Waals surface area contributed by atoms with E-state index in [4.69, 9.17) is 0 Å².